The van der Waals surface area contributed by atoms with Crippen molar-refractivity contribution in [1.29, 1.82) is 0 Å². The molecule has 0 fully saturated rings. The van der Waals surface area contributed by atoms with E-state index in [1.54, 1.807) is 22.8 Å². The summed E-state index contributed by atoms with van der Waals surface area (Å²) in [5.41, 5.74) is 3.10. The zero-order valence-electron chi connectivity index (χ0n) is 19.6. The lowest BCUT2D eigenvalue weighted by atomic mass is 10.1. The fraction of sp³-hybridized carbons (Fsp3) is 0.296. The first kappa shape index (κ1) is 23.8. The Labute approximate surface area is 212 Å². The van der Waals surface area contributed by atoms with Crippen LogP contribution >= 0.6 is 23.1 Å². The van der Waals surface area contributed by atoms with E-state index in [2.05, 4.69) is 29.2 Å². The summed E-state index contributed by atoms with van der Waals surface area (Å²) in [6.45, 7) is 4.80. The van der Waals surface area contributed by atoms with E-state index < -0.39 is 0 Å². The molecule has 0 radical (unpaired) electrons. The van der Waals surface area contributed by atoms with Crippen molar-refractivity contribution in [3.8, 4) is 5.69 Å². The summed E-state index contributed by atoms with van der Waals surface area (Å²) in [4.78, 5) is 35.2. The van der Waals surface area contributed by atoms with E-state index >= 15 is 0 Å². The molecule has 0 spiro atoms. The Bertz CT molecular complexity index is 1380. The highest BCUT2D eigenvalue weighted by Gasteiger charge is 2.26. The molecular weight excluding hydrogens is 478 g/mol. The van der Waals surface area contributed by atoms with Crippen molar-refractivity contribution in [1.82, 2.24) is 14.5 Å². The number of thioether (sulfide) groups is 1. The van der Waals surface area contributed by atoms with Crippen LogP contribution in [0.5, 0.6) is 0 Å². The van der Waals surface area contributed by atoms with Crippen molar-refractivity contribution in [2.24, 2.45) is 0 Å². The highest BCUT2D eigenvalue weighted by molar-refractivity contribution is 7.99. The molecule has 0 N–H and O–H groups in total. The van der Waals surface area contributed by atoms with E-state index in [9.17, 15) is 9.59 Å². The molecule has 1 aliphatic rings. The molecule has 180 valence electrons. The largest absolute Gasteiger partial charge is 0.465 e. The molecule has 5 rings (SSSR count). The molecule has 2 aromatic carbocycles. The third-order valence-electron chi connectivity index (χ3n) is 6.11. The molecule has 0 saturated heterocycles. The van der Waals surface area contributed by atoms with Gasteiger partial charge in [0.05, 0.1) is 23.4 Å². The van der Waals surface area contributed by atoms with Gasteiger partial charge in [-0.2, -0.15) is 0 Å². The van der Waals surface area contributed by atoms with Gasteiger partial charge in [-0.05, 0) is 43.0 Å². The van der Waals surface area contributed by atoms with Gasteiger partial charge in [-0.15, -0.1) is 11.3 Å². The number of carbonyl (C=O) groups excluding carboxylic acids is 1. The second-order valence-electron chi connectivity index (χ2n) is 8.41. The number of benzene rings is 2. The third-order valence-corrected chi connectivity index (χ3v) is 8.21. The Balaban J connectivity index is 1.49. The second kappa shape index (κ2) is 10.8. The number of rotatable bonds is 8. The molecule has 8 heteroatoms. The lowest BCUT2D eigenvalue weighted by Crippen LogP contribution is -2.32. The Kier molecular flexibility index (Phi) is 7.32. The minimum atomic E-state index is -0.314. The average molecular weight is 506 g/mol. The van der Waals surface area contributed by atoms with Gasteiger partial charge >= 0.3 is 5.97 Å². The van der Waals surface area contributed by atoms with Crippen LogP contribution in [0.25, 0.3) is 15.9 Å². The molecule has 4 aromatic rings. The number of carbonyl (C=O) groups is 1. The number of hydrogen-bond donors (Lipinski definition) is 0. The van der Waals surface area contributed by atoms with Crippen molar-refractivity contribution >= 4 is 39.3 Å². The van der Waals surface area contributed by atoms with E-state index in [0.29, 0.717) is 17.1 Å². The molecule has 0 unspecified atom stereocenters. The van der Waals surface area contributed by atoms with Gasteiger partial charge in [0, 0.05) is 24.5 Å². The zero-order valence-corrected chi connectivity index (χ0v) is 21.2. The minimum absolute atomic E-state index is 0.0741. The maximum Gasteiger partial charge on any atom is 0.316 e. The van der Waals surface area contributed by atoms with Gasteiger partial charge < -0.3 is 4.74 Å². The zero-order chi connectivity index (χ0) is 24.2. The highest BCUT2D eigenvalue weighted by atomic mass is 32.2. The van der Waals surface area contributed by atoms with Crippen molar-refractivity contribution < 1.29 is 9.53 Å². The van der Waals surface area contributed by atoms with Crippen LogP contribution in [0.4, 0.5) is 0 Å². The number of nitrogens with zero attached hydrogens (tertiary/aromatic N) is 3. The van der Waals surface area contributed by atoms with Crippen LogP contribution in [0.15, 0.2) is 70.6 Å². The fourth-order valence-electron chi connectivity index (χ4n) is 4.41. The number of thiophene rings is 1. The van der Waals surface area contributed by atoms with Gasteiger partial charge in [-0.3, -0.25) is 19.1 Å². The molecule has 1 aliphatic heterocycles. The number of hydrogen-bond acceptors (Lipinski definition) is 7. The predicted molar refractivity (Wildman–Crippen MR) is 142 cm³/mol. The summed E-state index contributed by atoms with van der Waals surface area (Å²) in [5, 5.41) is 1.22. The lowest BCUT2D eigenvalue weighted by Gasteiger charge is -2.27. The molecular formula is C27H27N3O3S2. The van der Waals surface area contributed by atoms with E-state index in [0.717, 1.165) is 48.6 Å². The number of aromatic nitrogens is 2. The van der Waals surface area contributed by atoms with Crippen molar-refractivity contribution in [2.75, 3.05) is 25.4 Å². The van der Waals surface area contributed by atoms with Gasteiger partial charge in [-0.25, -0.2) is 4.98 Å². The smallest absolute Gasteiger partial charge is 0.316 e. The molecule has 0 saturated carbocycles. The van der Waals surface area contributed by atoms with Crippen LogP contribution in [-0.4, -0.2) is 45.9 Å². The second-order valence-corrected chi connectivity index (χ2v) is 10.4. The van der Waals surface area contributed by atoms with Crippen molar-refractivity contribution in [3.63, 3.8) is 0 Å². The number of esters is 1. The topological polar surface area (TPSA) is 64.4 Å². The Morgan fingerprint density at radius 1 is 1.11 bits per heavy atom. The van der Waals surface area contributed by atoms with Gasteiger partial charge in [-0.1, -0.05) is 60.3 Å². The number of fused-ring (bicyclic) bond motifs is 3. The maximum atomic E-state index is 13.9. The average Bonchev–Trinajstić information content (AvgIpc) is 3.25. The Hall–Kier alpha value is -2.94. The normalized spacial score (nSPS) is 13.6. The van der Waals surface area contributed by atoms with Gasteiger partial charge in [0.2, 0.25) is 0 Å². The molecule has 0 aliphatic carbocycles. The lowest BCUT2D eigenvalue weighted by molar-refractivity contribution is -0.139. The monoisotopic (exact) mass is 505 g/mol. The molecule has 3 heterocycles. The SMILES string of the molecule is CCOC(=O)CSc1nc2sc3c(c2c(=O)n1-c1ccccc1)CN(CCc1ccccc1)CC3. The summed E-state index contributed by atoms with van der Waals surface area (Å²) >= 11 is 2.86. The van der Waals surface area contributed by atoms with E-state index in [-0.39, 0.29) is 17.3 Å². The highest BCUT2D eigenvalue weighted by Crippen LogP contribution is 2.34. The molecule has 2 aromatic heterocycles. The number of ether oxygens (including phenoxy) is 1. The van der Waals surface area contributed by atoms with Crippen molar-refractivity contribution in [3.05, 3.63) is 87.0 Å². The van der Waals surface area contributed by atoms with Crippen LogP contribution in [-0.2, 0) is 28.9 Å². The minimum Gasteiger partial charge on any atom is -0.465 e. The van der Waals surface area contributed by atoms with Crippen LogP contribution in [0, 0.1) is 0 Å². The molecule has 0 amide bonds. The number of para-hydroxylation sites is 1. The quantitative estimate of drug-likeness (QED) is 0.196. The van der Waals surface area contributed by atoms with Crippen LogP contribution in [0.1, 0.15) is 22.9 Å². The predicted octanol–water partition coefficient (Wildman–Crippen LogP) is 4.70. The van der Waals surface area contributed by atoms with E-state index in [1.807, 2.05) is 36.4 Å². The summed E-state index contributed by atoms with van der Waals surface area (Å²) in [5.74, 6) is -0.206. The first-order valence-electron chi connectivity index (χ1n) is 11.8. The van der Waals surface area contributed by atoms with Crippen LogP contribution in [0.3, 0.4) is 0 Å². The standard InChI is InChI=1S/C27H27N3O3S2/c1-2-33-23(31)18-34-27-28-25-24(26(32)30(27)20-11-7-4-8-12-20)21-17-29(16-14-22(21)35-25)15-13-19-9-5-3-6-10-19/h3-12H,2,13-18H2,1H3. The summed E-state index contributed by atoms with van der Waals surface area (Å²) in [7, 11) is 0. The molecule has 0 bridgehead atoms. The summed E-state index contributed by atoms with van der Waals surface area (Å²) < 4.78 is 6.72. The third kappa shape index (κ3) is 5.19. The first-order valence-corrected chi connectivity index (χ1v) is 13.6. The van der Waals surface area contributed by atoms with Crippen LogP contribution < -0.4 is 5.56 Å². The van der Waals surface area contributed by atoms with Crippen molar-refractivity contribution in [2.45, 2.75) is 31.5 Å². The molecule has 35 heavy (non-hydrogen) atoms. The summed E-state index contributed by atoms with van der Waals surface area (Å²) in [6.07, 6.45) is 1.90. The van der Waals surface area contributed by atoms with E-state index in [1.165, 1.54) is 22.2 Å². The molecule has 6 nitrogen and oxygen atoms in total. The first-order chi connectivity index (χ1) is 17.1. The maximum absolute atomic E-state index is 13.9. The van der Waals surface area contributed by atoms with Crippen LogP contribution in [0.2, 0.25) is 0 Å². The molecule has 0 atom stereocenters. The Morgan fingerprint density at radius 3 is 2.60 bits per heavy atom. The van der Waals surface area contributed by atoms with E-state index in [4.69, 9.17) is 9.72 Å². The summed E-state index contributed by atoms with van der Waals surface area (Å²) in [6, 6.07) is 20.0. The Morgan fingerprint density at radius 2 is 1.86 bits per heavy atom. The fourth-order valence-corrected chi connectivity index (χ4v) is 6.44. The van der Waals surface area contributed by atoms with Gasteiger partial charge in [0.15, 0.2) is 5.16 Å². The van der Waals surface area contributed by atoms with Gasteiger partial charge in [0.25, 0.3) is 5.56 Å². The van der Waals surface area contributed by atoms with Gasteiger partial charge in [0.1, 0.15) is 4.83 Å².